The first-order chi connectivity index (χ1) is 13.4. The zero-order chi connectivity index (χ0) is 20.5. The van der Waals surface area contributed by atoms with Crippen molar-refractivity contribution in [2.45, 2.75) is 0 Å². The summed E-state index contributed by atoms with van der Waals surface area (Å²) in [4.78, 5) is 35.5. The Morgan fingerprint density at radius 1 is 1.04 bits per heavy atom. The Morgan fingerprint density at radius 2 is 1.82 bits per heavy atom. The highest BCUT2D eigenvalue weighted by Gasteiger charge is 2.13. The third kappa shape index (κ3) is 5.97. The number of ether oxygens (including phenoxy) is 3. The van der Waals surface area contributed by atoms with Crippen LogP contribution in [0.3, 0.4) is 0 Å². The minimum Gasteiger partial charge on any atom is -0.497 e. The third-order valence-corrected chi connectivity index (χ3v) is 3.53. The van der Waals surface area contributed by atoms with Crippen LogP contribution >= 0.6 is 0 Å². The largest absolute Gasteiger partial charge is 0.497 e. The maximum atomic E-state index is 13.1. The van der Waals surface area contributed by atoms with Crippen LogP contribution in [-0.4, -0.2) is 45.2 Å². The number of hydrogen-bond donors (Lipinski definition) is 2. The summed E-state index contributed by atoms with van der Waals surface area (Å²) < 4.78 is 28.1. The first kappa shape index (κ1) is 20.7. The minimum absolute atomic E-state index is 0.0654. The lowest BCUT2D eigenvalue weighted by atomic mass is 10.2. The summed E-state index contributed by atoms with van der Waals surface area (Å²) in [6.45, 7) is -1.03. The topological polar surface area (TPSA) is 103 Å². The number of methoxy groups -OCH3 is 2. The molecule has 2 aromatic rings. The molecule has 28 heavy (non-hydrogen) atoms. The second-order valence-corrected chi connectivity index (χ2v) is 5.47. The normalized spacial score (nSPS) is 9.96. The number of rotatable bonds is 8. The van der Waals surface area contributed by atoms with Gasteiger partial charge in [-0.05, 0) is 30.3 Å². The third-order valence-electron chi connectivity index (χ3n) is 3.53. The molecular formula is C19H19FN2O6. The molecule has 0 heterocycles. The van der Waals surface area contributed by atoms with Gasteiger partial charge in [0.1, 0.15) is 23.9 Å². The van der Waals surface area contributed by atoms with E-state index < -0.39 is 36.8 Å². The summed E-state index contributed by atoms with van der Waals surface area (Å²) >= 11 is 0. The van der Waals surface area contributed by atoms with Crippen LogP contribution in [0.1, 0.15) is 10.4 Å². The predicted octanol–water partition coefficient (Wildman–Crippen LogP) is 1.75. The molecule has 0 aliphatic carbocycles. The zero-order valence-electron chi connectivity index (χ0n) is 15.3. The fourth-order valence-corrected chi connectivity index (χ4v) is 2.18. The molecule has 8 nitrogen and oxygen atoms in total. The van der Waals surface area contributed by atoms with Gasteiger partial charge < -0.3 is 24.8 Å². The van der Waals surface area contributed by atoms with E-state index in [0.29, 0.717) is 17.2 Å². The van der Waals surface area contributed by atoms with Crippen LogP contribution in [0.15, 0.2) is 42.5 Å². The van der Waals surface area contributed by atoms with Gasteiger partial charge in [0, 0.05) is 11.6 Å². The summed E-state index contributed by atoms with van der Waals surface area (Å²) in [7, 11) is 2.92. The Balaban J connectivity index is 1.81. The molecule has 2 N–H and O–H groups in total. The van der Waals surface area contributed by atoms with Crippen molar-refractivity contribution in [3.05, 3.63) is 53.8 Å². The molecule has 148 valence electrons. The van der Waals surface area contributed by atoms with E-state index in [0.717, 1.165) is 6.07 Å². The number of halogens is 1. The molecule has 0 radical (unpaired) electrons. The monoisotopic (exact) mass is 390 g/mol. The molecular weight excluding hydrogens is 371 g/mol. The Hall–Kier alpha value is -3.62. The van der Waals surface area contributed by atoms with E-state index in [1.807, 2.05) is 0 Å². The van der Waals surface area contributed by atoms with Gasteiger partial charge in [0.25, 0.3) is 11.8 Å². The number of amides is 2. The Bertz CT molecular complexity index is 871. The van der Waals surface area contributed by atoms with Crippen molar-refractivity contribution in [1.82, 2.24) is 5.32 Å². The molecule has 0 saturated heterocycles. The fraction of sp³-hybridized carbons (Fsp3) is 0.211. The van der Waals surface area contributed by atoms with Gasteiger partial charge in [0.15, 0.2) is 6.61 Å². The molecule has 0 saturated carbocycles. The quantitative estimate of drug-likeness (QED) is 0.666. The highest BCUT2D eigenvalue weighted by Crippen LogP contribution is 2.28. The molecule has 0 atom stereocenters. The molecule has 2 rings (SSSR count). The molecule has 0 fully saturated rings. The number of hydrogen-bond acceptors (Lipinski definition) is 6. The second-order valence-electron chi connectivity index (χ2n) is 5.47. The molecule has 0 bridgehead atoms. The SMILES string of the molecule is COc1ccc(OC)c(NC(=O)COC(=O)CNC(=O)c2cccc(F)c2)c1. The van der Waals surface area contributed by atoms with E-state index in [1.165, 1.54) is 32.4 Å². The summed E-state index contributed by atoms with van der Waals surface area (Å²) in [6.07, 6.45) is 0. The lowest BCUT2D eigenvalue weighted by Gasteiger charge is -2.12. The summed E-state index contributed by atoms with van der Waals surface area (Å²) in [6, 6.07) is 9.84. The van der Waals surface area contributed by atoms with Crippen LogP contribution in [-0.2, 0) is 14.3 Å². The second kappa shape index (κ2) is 9.91. The van der Waals surface area contributed by atoms with Gasteiger partial charge in [-0.15, -0.1) is 0 Å². The van der Waals surface area contributed by atoms with Crippen molar-refractivity contribution in [3.8, 4) is 11.5 Å². The lowest BCUT2D eigenvalue weighted by Crippen LogP contribution is -2.32. The number of anilines is 1. The van der Waals surface area contributed by atoms with Crippen molar-refractivity contribution in [1.29, 1.82) is 0 Å². The molecule has 2 amide bonds. The first-order valence-corrected chi connectivity index (χ1v) is 8.14. The average Bonchev–Trinajstić information content (AvgIpc) is 2.70. The van der Waals surface area contributed by atoms with Gasteiger partial charge in [0.05, 0.1) is 19.9 Å². The maximum Gasteiger partial charge on any atom is 0.325 e. The van der Waals surface area contributed by atoms with Crippen molar-refractivity contribution in [3.63, 3.8) is 0 Å². The summed E-state index contributed by atoms with van der Waals surface area (Å²) in [5.74, 6) is -1.72. The summed E-state index contributed by atoms with van der Waals surface area (Å²) in [5.41, 5.74) is 0.415. The van der Waals surface area contributed by atoms with Crippen LogP contribution in [0.4, 0.5) is 10.1 Å². The highest BCUT2D eigenvalue weighted by atomic mass is 19.1. The van der Waals surface area contributed by atoms with E-state index in [4.69, 9.17) is 14.2 Å². The Labute approximate surface area is 160 Å². The van der Waals surface area contributed by atoms with Crippen LogP contribution in [0, 0.1) is 5.82 Å². The number of benzene rings is 2. The van der Waals surface area contributed by atoms with Gasteiger partial charge in [-0.1, -0.05) is 6.07 Å². The fourth-order valence-electron chi connectivity index (χ4n) is 2.18. The molecule has 0 spiro atoms. The molecule has 0 aliphatic rings. The highest BCUT2D eigenvalue weighted by molar-refractivity contribution is 5.97. The average molecular weight is 390 g/mol. The number of carbonyl (C=O) groups excluding carboxylic acids is 3. The van der Waals surface area contributed by atoms with Crippen LogP contribution in [0.5, 0.6) is 11.5 Å². The Kier molecular flexibility index (Phi) is 7.32. The van der Waals surface area contributed by atoms with Gasteiger partial charge in [-0.2, -0.15) is 0 Å². The minimum atomic E-state index is -0.822. The van der Waals surface area contributed by atoms with Crippen LogP contribution in [0.25, 0.3) is 0 Å². The molecule has 0 aromatic heterocycles. The van der Waals surface area contributed by atoms with E-state index in [2.05, 4.69) is 10.6 Å². The van der Waals surface area contributed by atoms with Crippen molar-refractivity contribution in [2.24, 2.45) is 0 Å². The van der Waals surface area contributed by atoms with E-state index >= 15 is 0 Å². The van der Waals surface area contributed by atoms with E-state index in [1.54, 1.807) is 18.2 Å². The number of esters is 1. The standard InChI is InChI=1S/C19H19FN2O6/c1-26-14-6-7-16(27-2)15(9-14)22-17(23)11-28-18(24)10-21-19(25)12-4-3-5-13(20)8-12/h3-9H,10-11H2,1-2H3,(H,21,25)(H,22,23). The smallest absolute Gasteiger partial charge is 0.325 e. The van der Waals surface area contributed by atoms with E-state index in [9.17, 15) is 18.8 Å². The maximum absolute atomic E-state index is 13.1. The molecule has 2 aromatic carbocycles. The lowest BCUT2D eigenvalue weighted by molar-refractivity contribution is -0.146. The van der Waals surface area contributed by atoms with Gasteiger partial charge >= 0.3 is 5.97 Å². The summed E-state index contributed by atoms with van der Waals surface area (Å²) in [5, 5.41) is 4.82. The van der Waals surface area contributed by atoms with E-state index in [-0.39, 0.29) is 5.56 Å². The van der Waals surface area contributed by atoms with Gasteiger partial charge in [-0.25, -0.2) is 4.39 Å². The van der Waals surface area contributed by atoms with Gasteiger partial charge in [-0.3, -0.25) is 14.4 Å². The van der Waals surface area contributed by atoms with Crippen molar-refractivity contribution >= 4 is 23.5 Å². The Morgan fingerprint density at radius 3 is 2.50 bits per heavy atom. The van der Waals surface area contributed by atoms with Gasteiger partial charge in [0.2, 0.25) is 0 Å². The number of nitrogens with one attached hydrogen (secondary N) is 2. The molecule has 0 unspecified atom stereocenters. The predicted molar refractivity (Wildman–Crippen MR) is 97.9 cm³/mol. The van der Waals surface area contributed by atoms with Crippen LogP contribution < -0.4 is 20.1 Å². The van der Waals surface area contributed by atoms with Crippen LogP contribution in [0.2, 0.25) is 0 Å². The zero-order valence-corrected chi connectivity index (χ0v) is 15.3. The number of carbonyl (C=O) groups is 3. The molecule has 0 aliphatic heterocycles. The van der Waals surface area contributed by atoms with Crippen molar-refractivity contribution in [2.75, 3.05) is 32.7 Å². The van der Waals surface area contributed by atoms with Crippen molar-refractivity contribution < 1.29 is 33.0 Å². The molecule has 9 heteroatoms. The first-order valence-electron chi connectivity index (χ1n) is 8.14.